The Labute approximate surface area is 101 Å². The van der Waals surface area contributed by atoms with Gasteiger partial charge in [0.15, 0.2) is 0 Å². The van der Waals surface area contributed by atoms with Crippen LogP contribution in [0.5, 0.6) is 5.75 Å². The Morgan fingerprint density at radius 2 is 2.24 bits per heavy atom. The summed E-state index contributed by atoms with van der Waals surface area (Å²) >= 11 is 0. The van der Waals surface area contributed by atoms with Gasteiger partial charge in [-0.2, -0.15) is 0 Å². The number of hydrogen-bond donors (Lipinski definition) is 1. The summed E-state index contributed by atoms with van der Waals surface area (Å²) in [4.78, 5) is 0. The summed E-state index contributed by atoms with van der Waals surface area (Å²) < 4.78 is 18.7. The van der Waals surface area contributed by atoms with E-state index >= 15 is 0 Å². The number of hydrogen-bond acceptors (Lipinski definition) is 2. The molecular weight excluding hydrogens is 219 g/mol. The molecule has 0 heterocycles. The van der Waals surface area contributed by atoms with Crippen molar-refractivity contribution in [3.05, 3.63) is 30.1 Å². The van der Waals surface area contributed by atoms with Crippen LogP contribution in [-0.4, -0.2) is 17.3 Å². The topological polar surface area (TPSA) is 29.5 Å². The van der Waals surface area contributed by atoms with E-state index in [1.54, 1.807) is 12.1 Å². The first-order chi connectivity index (χ1) is 8.19. The second-order valence-electron chi connectivity index (χ2n) is 4.77. The highest BCUT2D eigenvalue weighted by atomic mass is 19.1. The van der Waals surface area contributed by atoms with Gasteiger partial charge in [0.05, 0.1) is 6.10 Å². The highest BCUT2D eigenvalue weighted by Gasteiger charge is 2.29. The second-order valence-corrected chi connectivity index (χ2v) is 4.77. The molecule has 3 heteroatoms. The predicted molar refractivity (Wildman–Crippen MR) is 64.5 cm³/mol. The zero-order valence-electron chi connectivity index (χ0n) is 10.1. The van der Waals surface area contributed by atoms with Gasteiger partial charge in [-0.1, -0.05) is 19.4 Å². The number of aliphatic hydroxyl groups excluding tert-OH is 1. The monoisotopic (exact) mass is 238 g/mol. The number of rotatable bonds is 3. The Hall–Kier alpha value is -1.09. The van der Waals surface area contributed by atoms with E-state index < -0.39 is 6.10 Å². The minimum atomic E-state index is -0.430. The predicted octanol–water partition coefficient (Wildman–Crippen LogP) is 3.14. The van der Waals surface area contributed by atoms with Crippen molar-refractivity contribution in [1.29, 1.82) is 0 Å². The van der Waals surface area contributed by atoms with E-state index in [1.165, 1.54) is 12.1 Å². The van der Waals surface area contributed by atoms with Crippen molar-refractivity contribution < 1.29 is 14.2 Å². The van der Waals surface area contributed by atoms with Crippen molar-refractivity contribution in [3.8, 4) is 5.75 Å². The number of benzene rings is 1. The third kappa shape index (κ3) is 3.19. The van der Waals surface area contributed by atoms with Gasteiger partial charge in [-0.3, -0.25) is 0 Å². The fourth-order valence-corrected chi connectivity index (χ4v) is 2.41. The fraction of sp³-hybridized carbons (Fsp3) is 0.571. The quantitative estimate of drug-likeness (QED) is 0.876. The molecule has 1 aliphatic carbocycles. The van der Waals surface area contributed by atoms with E-state index in [4.69, 9.17) is 4.74 Å². The second kappa shape index (κ2) is 5.50. The molecule has 1 aromatic rings. The molecule has 1 fully saturated rings. The summed E-state index contributed by atoms with van der Waals surface area (Å²) in [6.07, 6.45) is 3.17. The van der Waals surface area contributed by atoms with Crippen LogP contribution in [0.4, 0.5) is 4.39 Å². The SMILES string of the molecule is CCC1CCC(O)C(Oc2cccc(F)c2)C1. The molecule has 1 N–H and O–H groups in total. The standard InChI is InChI=1S/C14H19FO2/c1-2-10-6-7-13(16)14(8-10)17-12-5-3-4-11(15)9-12/h3-5,9-10,13-14,16H,2,6-8H2,1H3. The Balaban J connectivity index is 2.01. The van der Waals surface area contributed by atoms with Gasteiger partial charge in [-0.15, -0.1) is 0 Å². The molecule has 2 rings (SSSR count). The molecule has 0 bridgehead atoms. The van der Waals surface area contributed by atoms with Gasteiger partial charge >= 0.3 is 0 Å². The molecule has 1 saturated carbocycles. The molecule has 94 valence electrons. The third-order valence-electron chi connectivity index (χ3n) is 3.53. The summed E-state index contributed by atoms with van der Waals surface area (Å²) in [7, 11) is 0. The normalized spacial score (nSPS) is 29.0. The first-order valence-corrected chi connectivity index (χ1v) is 6.29. The molecule has 0 radical (unpaired) electrons. The Kier molecular flexibility index (Phi) is 4.00. The van der Waals surface area contributed by atoms with Gasteiger partial charge in [0.1, 0.15) is 17.7 Å². The number of halogens is 1. The van der Waals surface area contributed by atoms with E-state index in [2.05, 4.69) is 6.92 Å². The lowest BCUT2D eigenvalue weighted by Crippen LogP contribution is -2.38. The largest absolute Gasteiger partial charge is 0.488 e. The van der Waals surface area contributed by atoms with Crippen molar-refractivity contribution in [2.75, 3.05) is 0 Å². The van der Waals surface area contributed by atoms with Crippen LogP contribution in [0.2, 0.25) is 0 Å². The summed E-state index contributed by atoms with van der Waals surface area (Å²) in [6, 6.07) is 6.10. The average molecular weight is 238 g/mol. The average Bonchev–Trinajstić information content (AvgIpc) is 2.32. The van der Waals surface area contributed by atoms with E-state index in [-0.39, 0.29) is 11.9 Å². The lowest BCUT2D eigenvalue weighted by atomic mass is 9.84. The highest BCUT2D eigenvalue weighted by Crippen LogP contribution is 2.30. The minimum Gasteiger partial charge on any atom is -0.488 e. The smallest absolute Gasteiger partial charge is 0.126 e. The molecule has 1 aliphatic rings. The molecule has 0 aliphatic heterocycles. The van der Waals surface area contributed by atoms with Crippen molar-refractivity contribution in [2.24, 2.45) is 5.92 Å². The summed E-state index contributed by atoms with van der Waals surface area (Å²) in [5.74, 6) is 0.808. The summed E-state index contributed by atoms with van der Waals surface area (Å²) in [6.45, 7) is 2.15. The first-order valence-electron chi connectivity index (χ1n) is 6.29. The molecule has 0 saturated heterocycles. The molecule has 0 aromatic heterocycles. The minimum absolute atomic E-state index is 0.199. The highest BCUT2D eigenvalue weighted by molar-refractivity contribution is 5.22. The van der Waals surface area contributed by atoms with Crippen molar-refractivity contribution in [3.63, 3.8) is 0 Å². The van der Waals surface area contributed by atoms with Crippen LogP contribution in [-0.2, 0) is 0 Å². The van der Waals surface area contributed by atoms with E-state index in [1.807, 2.05) is 0 Å². The fourth-order valence-electron chi connectivity index (χ4n) is 2.41. The molecule has 3 unspecified atom stereocenters. The van der Waals surface area contributed by atoms with Gasteiger partial charge in [-0.05, 0) is 37.3 Å². The van der Waals surface area contributed by atoms with Crippen LogP contribution >= 0.6 is 0 Å². The zero-order valence-corrected chi connectivity index (χ0v) is 10.1. The molecule has 0 amide bonds. The molecular formula is C14H19FO2. The molecule has 1 aromatic carbocycles. The Morgan fingerprint density at radius 1 is 1.41 bits per heavy atom. The van der Waals surface area contributed by atoms with Crippen LogP contribution < -0.4 is 4.74 Å². The Bertz CT molecular complexity index is 367. The van der Waals surface area contributed by atoms with E-state index in [0.717, 1.165) is 25.7 Å². The Morgan fingerprint density at radius 3 is 2.94 bits per heavy atom. The maximum Gasteiger partial charge on any atom is 0.126 e. The van der Waals surface area contributed by atoms with Gasteiger partial charge in [0.2, 0.25) is 0 Å². The van der Waals surface area contributed by atoms with Crippen molar-refractivity contribution >= 4 is 0 Å². The maximum atomic E-state index is 13.0. The molecule has 0 spiro atoms. The van der Waals surface area contributed by atoms with Gasteiger partial charge < -0.3 is 9.84 Å². The van der Waals surface area contributed by atoms with Crippen LogP contribution in [0, 0.1) is 11.7 Å². The lowest BCUT2D eigenvalue weighted by molar-refractivity contribution is -0.0110. The van der Waals surface area contributed by atoms with Crippen LogP contribution in [0.1, 0.15) is 32.6 Å². The van der Waals surface area contributed by atoms with Gasteiger partial charge in [-0.25, -0.2) is 4.39 Å². The zero-order chi connectivity index (χ0) is 12.3. The van der Waals surface area contributed by atoms with E-state index in [0.29, 0.717) is 11.7 Å². The van der Waals surface area contributed by atoms with Crippen LogP contribution in [0.25, 0.3) is 0 Å². The van der Waals surface area contributed by atoms with Crippen molar-refractivity contribution in [1.82, 2.24) is 0 Å². The summed E-state index contributed by atoms with van der Waals surface area (Å²) in [5, 5.41) is 9.89. The van der Waals surface area contributed by atoms with Gasteiger partial charge in [0, 0.05) is 6.07 Å². The lowest BCUT2D eigenvalue weighted by Gasteiger charge is -2.33. The maximum absolute atomic E-state index is 13.0. The number of aliphatic hydroxyl groups is 1. The summed E-state index contributed by atoms with van der Waals surface area (Å²) in [5.41, 5.74) is 0. The van der Waals surface area contributed by atoms with Crippen molar-refractivity contribution in [2.45, 2.75) is 44.8 Å². The molecule has 17 heavy (non-hydrogen) atoms. The van der Waals surface area contributed by atoms with Gasteiger partial charge in [0.25, 0.3) is 0 Å². The van der Waals surface area contributed by atoms with E-state index in [9.17, 15) is 9.50 Å². The first kappa shape index (κ1) is 12.4. The van der Waals surface area contributed by atoms with Crippen LogP contribution in [0.3, 0.4) is 0 Å². The third-order valence-corrected chi connectivity index (χ3v) is 3.53. The molecule has 3 atom stereocenters. The van der Waals surface area contributed by atoms with Crippen LogP contribution in [0.15, 0.2) is 24.3 Å². The number of ether oxygens (including phenoxy) is 1. The molecule has 2 nitrogen and oxygen atoms in total.